The number of carbonyl (C=O) groups excluding carboxylic acids is 1. The summed E-state index contributed by atoms with van der Waals surface area (Å²) < 4.78 is 45.0. The summed E-state index contributed by atoms with van der Waals surface area (Å²) in [4.78, 5) is 12.3. The minimum atomic E-state index is -3.73. The van der Waals surface area contributed by atoms with Gasteiger partial charge in [0.15, 0.2) is 0 Å². The molecule has 3 aromatic carbocycles. The SMILES string of the molecule is CN(c1ccccc1)S(=O)(=O)c1ccc(C(=O)NCCOc2ccc(F)cc2)cc1. The number of sulfonamides is 1. The van der Waals surface area contributed by atoms with E-state index in [0.717, 1.165) is 0 Å². The van der Waals surface area contributed by atoms with E-state index in [2.05, 4.69) is 5.32 Å². The van der Waals surface area contributed by atoms with Crippen LogP contribution in [0.3, 0.4) is 0 Å². The summed E-state index contributed by atoms with van der Waals surface area (Å²) in [5.74, 6) is -0.197. The molecule has 0 saturated carbocycles. The Morgan fingerprint density at radius 2 is 1.60 bits per heavy atom. The molecule has 0 bridgehead atoms. The summed E-state index contributed by atoms with van der Waals surface area (Å²) in [7, 11) is -2.26. The number of anilines is 1. The fourth-order valence-electron chi connectivity index (χ4n) is 2.68. The van der Waals surface area contributed by atoms with Crippen LogP contribution in [0, 0.1) is 5.82 Å². The van der Waals surface area contributed by atoms with Crippen LogP contribution in [-0.2, 0) is 10.0 Å². The minimum absolute atomic E-state index is 0.0880. The van der Waals surface area contributed by atoms with E-state index in [4.69, 9.17) is 4.74 Å². The van der Waals surface area contributed by atoms with Gasteiger partial charge in [0.1, 0.15) is 18.2 Å². The van der Waals surface area contributed by atoms with Crippen molar-refractivity contribution in [1.29, 1.82) is 0 Å². The minimum Gasteiger partial charge on any atom is -0.492 e. The second-order valence-corrected chi connectivity index (χ2v) is 8.36. The third-order valence-electron chi connectivity index (χ3n) is 4.36. The lowest BCUT2D eigenvalue weighted by Crippen LogP contribution is -2.28. The third-order valence-corrected chi connectivity index (χ3v) is 6.16. The molecule has 6 nitrogen and oxygen atoms in total. The predicted molar refractivity (Wildman–Crippen MR) is 113 cm³/mol. The van der Waals surface area contributed by atoms with Gasteiger partial charge in [-0.3, -0.25) is 9.10 Å². The Morgan fingerprint density at radius 1 is 0.967 bits per heavy atom. The molecular weight excluding hydrogens is 407 g/mol. The number of nitrogens with zero attached hydrogens (tertiary/aromatic N) is 1. The molecule has 0 spiro atoms. The molecule has 0 heterocycles. The van der Waals surface area contributed by atoms with Gasteiger partial charge in [-0.2, -0.15) is 0 Å². The number of rotatable bonds is 8. The molecule has 0 aliphatic heterocycles. The summed E-state index contributed by atoms with van der Waals surface area (Å²) in [6, 6.07) is 20.0. The quantitative estimate of drug-likeness (QED) is 0.558. The highest BCUT2D eigenvalue weighted by Gasteiger charge is 2.21. The summed E-state index contributed by atoms with van der Waals surface area (Å²) in [6.07, 6.45) is 0. The molecule has 0 unspecified atom stereocenters. The number of benzene rings is 3. The summed E-state index contributed by atoms with van der Waals surface area (Å²) in [6.45, 7) is 0.457. The van der Waals surface area contributed by atoms with Crippen molar-refractivity contribution in [3.05, 3.63) is 90.2 Å². The lowest BCUT2D eigenvalue weighted by Gasteiger charge is -2.19. The first-order chi connectivity index (χ1) is 14.4. The van der Waals surface area contributed by atoms with Gasteiger partial charge in [-0.25, -0.2) is 12.8 Å². The van der Waals surface area contributed by atoms with E-state index >= 15 is 0 Å². The van der Waals surface area contributed by atoms with E-state index in [0.29, 0.717) is 17.0 Å². The molecule has 0 fully saturated rings. The van der Waals surface area contributed by atoms with Crippen LogP contribution in [-0.4, -0.2) is 34.5 Å². The Balaban J connectivity index is 1.56. The first-order valence-electron chi connectivity index (χ1n) is 9.18. The van der Waals surface area contributed by atoms with Crippen molar-refractivity contribution in [1.82, 2.24) is 5.32 Å². The van der Waals surface area contributed by atoms with E-state index < -0.39 is 10.0 Å². The second-order valence-electron chi connectivity index (χ2n) is 6.39. The maximum absolute atomic E-state index is 12.8. The van der Waals surface area contributed by atoms with E-state index in [1.807, 2.05) is 6.07 Å². The van der Waals surface area contributed by atoms with Gasteiger partial charge >= 0.3 is 0 Å². The number of ether oxygens (including phenoxy) is 1. The number of hydrogen-bond donors (Lipinski definition) is 1. The monoisotopic (exact) mass is 428 g/mol. The molecule has 3 rings (SSSR count). The van der Waals surface area contributed by atoms with Crippen LogP contribution in [0.1, 0.15) is 10.4 Å². The molecule has 1 amide bonds. The Labute approximate surface area is 175 Å². The molecular formula is C22H21FN2O4S. The fraction of sp³-hybridized carbons (Fsp3) is 0.136. The second kappa shape index (κ2) is 9.41. The van der Waals surface area contributed by atoms with Gasteiger partial charge in [0.05, 0.1) is 17.1 Å². The Hall–Kier alpha value is -3.39. The van der Waals surface area contributed by atoms with Crippen molar-refractivity contribution in [2.75, 3.05) is 24.5 Å². The van der Waals surface area contributed by atoms with E-state index in [1.165, 1.54) is 59.9 Å². The molecule has 30 heavy (non-hydrogen) atoms. The molecule has 0 aromatic heterocycles. The largest absolute Gasteiger partial charge is 0.492 e. The first kappa shape index (κ1) is 21.3. The van der Waals surface area contributed by atoms with E-state index in [1.54, 1.807) is 24.3 Å². The smallest absolute Gasteiger partial charge is 0.264 e. The highest BCUT2D eigenvalue weighted by Crippen LogP contribution is 2.21. The maximum atomic E-state index is 12.8. The van der Waals surface area contributed by atoms with Crippen molar-refractivity contribution < 1.29 is 22.3 Å². The average molecular weight is 428 g/mol. The zero-order chi connectivity index (χ0) is 21.6. The molecule has 0 aliphatic carbocycles. The van der Waals surface area contributed by atoms with Gasteiger partial charge in [-0.1, -0.05) is 18.2 Å². The number of halogens is 1. The van der Waals surface area contributed by atoms with E-state index in [9.17, 15) is 17.6 Å². The average Bonchev–Trinajstić information content (AvgIpc) is 2.78. The van der Waals surface area contributed by atoms with Crippen LogP contribution < -0.4 is 14.4 Å². The maximum Gasteiger partial charge on any atom is 0.264 e. The molecule has 0 radical (unpaired) electrons. The van der Waals surface area contributed by atoms with Gasteiger partial charge in [0.25, 0.3) is 15.9 Å². The highest BCUT2D eigenvalue weighted by molar-refractivity contribution is 7.92. The summed E-state index contributed by atoms with van der Waals surface area (Å²) in [5, 5.41) is 2.69. The van der Waals surface area contributed by atoms with Gasteiger partial charge in [-0.05, 0) is 60.7 Å². The molecule has 0 saturated heterocycles. The van der Waals surface area contributed by atoms with Gasteiger partial charge in [-0.15, -0.1) is 0 Å². The third kappa shape index (κ3) is 5.15. The van der Waals surface area contributed by atoms with Crippen LogP contribution in [0.4, 0.5) is 10.1 Å². The van der Waals surface area contributed by atoms with Crippen molar-refractivity contribution in [3.8, 4) is 5.75 Å². The summed E-state index contributed by atoms with van der Waals surface area (Å²) >= 11 is 0. The zero-order valence-electron chi connectivity index (χ0n) is 16.3. The molecule has 0 aliphatic rings. The first-order valence-corrected chi connectivity index (χ1v) is 10.6. The number of amides is 1. The van der Waals surface area contributed by atoms with Crippen molar-refractivity contribution >= 4 is 21.6 Å². The van der Waals surface area contributed by atoms with Gasteiger partial charge in [0, 0.05) is 12.6 Å². The Morgan fingerprint density at radius 3 is 2.23 bits per heavy atom. The van der Waals surface area contributed by atoms with Crippen molar-refractivity contribution in [2.24, 2.45) is 0 Å². The van der Waals surface area contributed by atoms with Crippen molar-refractivity contribution in [2.45, 2.75) is 4.90 Å². The van der Waals surface area contributed by atoms with Crippen molar-refractivity contribution in [3.63, 3.8) is 0 Å². The number of nitrogens with one attached hydrogen (secondary N) is 1. The predicted octanol–water partition coefficient (Wildman–Crippen LogP) is 3.46. The zero-order valence-corrected chi connectivity index (χ0v) is 17.1. The number of carbonyl (C=O) groups is 1. The molecule has 1 N–H and O–H groups in total. The topological polar surface area (TPSA) is 75.7 Å². The van der Waals surface area contributed by atoms with Crippen LogP contribution in [0.15, 0.2) is 83.8 Å². The normalized spacial score (nSPS) is 11.0. The lowest BCUT2D eigenvalue weighted by molar-refractivity contribution is 0.0947. The number of hydrogen-bond acceptors (Lipinski definition) is 4. The lowest BCUT2D eigenvalue weighted by atomic mass is 10.2. The molecule has 3 aromatic rings. The van der Waals surface area contributed by atoms with Crippen LogP contribution >= 0.6 is 0 Å². The standard InChI is InChI=1S/C22H21FN2O4S/c1-25(19-5-3-2-4-6-19)30(27,28)21-13-7-17(8-14-21)22(26)24-15-16-29-20-11-9-18(23)10-12-20/h2-14H,15-16H2,1H3,(H,24,26). The Bertz CT molecular complexity index is 1090. The molecule has 0 atom stereocenters. The summed E-state index contributed by atoms with van der Waals surface area (Å²) in [5.41, 5.74) is 0.874. The molecule has 156 valence electrons. The van der Waals surface area contributed by atoms with Gasteiger partial charge < -0.3 is 10.1 Å². The van der Waals surface area contributed by atoms with Crippen LogP contribution in [0.2, 0.25) is 0 Å². The highest BCUT2D eigenvalue weighted by atomic mass is 32.2. The Kier molecular flexibility index (Phi) is 6.68. The van der Waals surface area contributed by atoms with Crippen LogP contribution in [0.25, 0.3) is 0 Å². The van der Waals surface area contributed by atoms with E-state index in [-0.39, 0.29) is 29.8 Å². The van der Waals surface area contributed by atoms with Gasteiger partial charge in [0.2, 0.25) is 0 Å². The molecule has 8 heteroatoms. The fourth-order valence-corrected chi connectivity index (χ4v) is 3.87. The van der Waals surface area contributed by atoms with Crippen LogP contribution in [0.5, 0.6) is 5.75 Å². The number of para-hydroxylation sites is 1.